The van der Waals surface area contributed by atoms with E-state index in [1.54, 1.807) is 13.2 Å². The van der Waals surface area contributed by atoms with Crippen molar-refractivity contribution in [2.24, 2.45) is 0 Å². The fourth-order valence-corrected chi connectivity index (χ4v) is 2.99. The minimum Gasteiger partial charge on any atom is -0.497 e. The monoisotopic (exact) mass is 387 g/mol. The van der Waals surface area contributed by atoms with E-state index in [2.05, 4.69) is 20.4 Å². The minimum absolute atomic E-state index is 0.0233. The van der Waals surface area contributed by atoms with Crippen LogP contribution in [-0.4, -0.2) is 41.5 Å². The lowest BCUT2D eigenvalue weighted by Gasteiger charge is -2.28. The summed E-state index contributed by atoms with van der Waals surface area (Å²) in [5, 5.41) is 6.78. The Morgan fingerprint density at radius 3 is 2.68 bits per heavy atom. The molecule has 0 saturated carbocycles. The third kappa shape index (κ3) is 3.88. The summed E-state index contributed by atoms with van der Waals surface area (Å²) >= 11 is 0. The van der Waals surface area contributed by atoms with Gasteiger partial charge in [0.15, 0.2) is 11.6 Å². The molecule has 146 valence electrons. The van der Waals surface area contributed by atoms with Crippen molar-refractivity contribution in [1.29, 1.82) is 0 Å². The number of aromatic nitrogens is 3. The van der Waals surface area contributed by atoms with E-state index < -0.39 is 12.0 Å². The maximum atomic E-state index is 14.2. The molecule has 4 rings (SSSR count). The van der Waals surface area contributed by atoms with Gasteiger partial charge in [0.1, 0.15) is 17.6 Å². The second kappa shape index (κ2) is 7.79. The molecule has 0 unspecified atom stereocenters. The molecule has 0 bridgehead atoms. The highest BCUT2D eigenvalue weighted by Gasteiger charge is 2.21. The van der Waals surface area contributed by atoms with Crippen molar-refractivity contribution in [1.82, 2.24) is 15.1 Å². The molecule has 0 spiro atoms. The van der Waals surface area contributed by atoms with E-state index in [1.165, 1.54) is 0 Å². The molecule has 3 heterocycles. The average molecular weight is 387 g/mol. The van der Waals surface area contributed by atoms with Crippen molar-refractivity contribution < 1.29 is 18.0 Å². The summed E-state index contributed by atoms with van der Waals surface area (Å²) in [4.78, 5) is 10.1. The number of anilines is 3. The maximum absolute atomic E-state index is 14.2. The van der Waals surface area contributed by atoms with Gasteiger partial charge in [-0.3, -0.25) is 0 Å². The van der Waals surface area contributed by atoms with Crippen molar-refractivity contribution in [3.05, 3.63) is 42.3 Å². The Balaban J connectivity index is 1.51. The summed E-state index contributed by atoms with van der Waals surface area (Å²) in [6.07, 6.45) is 1.11. The van der Waals surface area contributed by atoms with Crippen LogP contribution in [0.2, 0.25) is 0 Å². The van der Waals surface area contributed by atoms with Crippen LogP contribution in [0, 0.1) is 5.82 Å². The second-order valence-electron chi connectivity index (χ2n) is 6.46. The Hall–Kier alpha value is -3.23. The van der Waals surface area contributed by atoms with Gasteiger partial charge in [0, 0.05) is 24.7 Å². The number of nitrogens with one attached hydrogen (secondary N) is 1. The SMILES string of the molecule is COc1ccc(-c2cc(Nc3nc(N4CCC(F)CC4)ncc3F)on2)cc1. The van der Waals surface area contributed by atoms with Crippen LogP contribution in [0.5, 0.6) is 5.75 Å². The molecule has 28 heavy (non-hydrogen) atoms. The molecule has 0 atom stereocenters. The van der Waals surface area contributed by atoms with Crippen LogP contribution in [0.15, 0.2) is 41.1 Å². The van der Waals surface area contributed by atoms with Crippen molar-refractivity contribution in [2.45, 2.75) is 19.0 Å². The number of ether oxygens (including phenoxy) is 1. The van der Waals surface area contributed by atoms with Crippen LogP contribution in [0.25, 0.3) is 11.3 Å². The van der Waals surface area contributed by atoms with Crippen molar-refractivity contribution >= 4 is 17.7 Å². The summed E-state index contributed by atoms with van der Waals surface area (Å²) in [6.45, 7) is 0.992. The summed E-state index contributed by atoms with van der Waals surface area (Å²) < 4.78 is 37.9. The number of nitrogens with zero attached hydrogens (tertiary/aromatic N) is 4. The Bertz CT molecular complexity index is 940. The fraction of sp³-hybridized carbons (Fsp3) is 0.316. The summed E-state index contributed by atoms with van der Waals surface area (Å²) in [5.74, 6) is 0.692. The third-order valence-electron chi connectivity index (χ3n) is 4.58. The topological polar surface area (TPSA) is 76.3 Å². The lowest BCUT2D eigenvalue weighted by Crippen LogP contribution is -2.35. The third-order valence-corrected chi connectivity index (χ3v) is 4.58. The number of hydrogen-bond acceptors (Lipinski definition) is 7. The zero-order valence-electron chi connectivity index (χ0n) is 15.2. The number of methoxy groups -OCH3 is 1. The Labute approximate surface area is 160 Å². The van der Waals surface area contributed by atoms with Crippen LogP contribution in [0.1, 0.15) is 12.8 Å². The first kappa shape index (κ1) is 18.1. The number of hydrogen-bond donors (Lipinski definition) is 1. The highest BCUT2D eigenvalue weighted by molar-refractivity contribution is 5.64. The van der Waals surface area contributed by atoms with Crippen LogP contribution in [0.3, 0.4) is 0 Å². The molecule has 1 N–H and O–H groups in total. The van der Waals surface area contributed by atoms with Gasteiger partial charge in [-0.2, -0.15) is 4.98 Å². The summed E-state index contributed by atoms with van der Waals surface area (Å²) in [6, 6.07) is 8.97. The lowest BCUT2D eigenvalue weighted by atomic mass is 10.1. The van der Waals surface area contributed by atoms with Crippen LogP contribution in [-0.2, 0) is 0 Å². The fourth-order valence-electron chi connectivity index (χ4n) is 2.99. The highest BCUT2D eigenvalue weighted by Crippen LogP contribution is 2.27. The highest BCUT2D eigenvalue weighted by atomic mass is 19.1. The van der Waals surface area contributed by atoms with E-state index in [4.69, 9.17) is 9.26 Å². The molecular weight excluding hydrogens is 368 g/mol. The summed E-state index contributed by atoms with van der Waals surface area (Å²) in [5.41, 5.74) is 1.42. The van der Waals surface area contributed by atoms with Crippen LogP contribution >= 0.6 is 0 Å². The number of rotatable bonds is 5. The quantitative estimate of drug-likeness (QED) is 0.710. The lowest BCUT2D eigenvalue weighted by molar-refractivity contribution is 0.276. The van der Waals surface area contributed by atoms with Gasteiger partial charge in [-0.15, -0.1) is 0 Å². The van der Waals surface area contributed by atoms with E-state index in [0.717, 1.165) is 17.5 Å². The van der Waals surface area contributed by atoms with Gasteiger partial charge < -0.3 is 19.5 Å². The number of piperidine rings is 1. The van der Waals surface area contributed by atoms with E-state index in [9.17, 15) is 8.78 Å². The Kier molecular flexibility index (Phi) is 5.05. The first-order valence-corrected chi connectivity index (χ1v) is 8.92. The first-order chi connectivity index (χ1) is 13.6. The molecule has 1 aliphatic rings. The van der Waals surface area contributed by atoms with Gasteiger partial charge in [0.25, 0.3) is 0 Å². The Morgan fingerprint density at radius 1 is 1.21 bits per heavy atom. The molecule has 1 saturated heterocycles. The van der Waals surface area contributed by atoms with Crippen LogP contribution in [0.4, 0.5) is 26.4 Å². The first-order valence-electron chi connectivity index (χ1n) is 8.92. The standard InChI is InChI=1S/C19H19F2N5O2/c1-27-14-4-2-12(3-5-14)16-10-17(28-25-16)23-18-15(21)11-22-19(24-18)26-8-6-13(20)7-9-26/h2-5,10-11,13H,6-9H2,1H3,(H,22,23,24). The normalized spacial score (nSPS) is 14.9. The second-order valence-corrected chi connectivity index (χ2v) is 6.46. The predicted molar refractivity (Wildman–Crippen MR) is 100 cm³/mol. The van der Waals surface area contributed by atoms with E-state index in [1.807, 2.05) is 29.2 Å². The van der Waals surface area contributed by atoms with Gasteiger partial charge in [-0.1, -0.05) is 5.16 Å². The van der Waals surface area contributed by atoms with Crippen molar-refractivity contribution in [3.63, 3.8) is 0 Å². The number of halogens is 2. The molecule has 1 fully saturated rings. The Morgan fingerprint density at radius 2 is 1.96 bits per heavy atom. The molecule has 7 nitrogen and oxygen atoms in total. The minimum atomic E-state index is -0.806. The summed E-state index contributed by atoms with van der Waals surface area (Å²) in [7, 11) is 1.59. The molecule has 2 aromatic heterocycles. The van der Waals surface area contributed by atoms with Gasteiger partial charge in [-0.05, 0) is 37.1 Å². The maximum Gasteiger partial charge on any atom is 0.230 e. The smallest absolute Gasteiger partial charge is 0.230 e. The van der Waals surface area contributed by atoms with Gasteiger partial charge in [0.2, 0.25) is 11.8 Å². The van der Waals surface area contributed by atoms with E-state index >= 15 is 0 Å². The predicted octanol–water partition coefficient (Wildman–Crippen LogP) is 3.96. The molecule has 9 heteroatoms. The number of alkyl halides is 1. The molecule has 0 aliphatic carbocycles. The largest absolute Gasteiger partial charge is 0.497 e. The average Bonchev–Trinajstić information content (AvgIpc) is 3.19. The van der Waals surface area contributed by atoms with Gasteiger partial charge in [0.05, 0.1) is 13.3 Å². The van der Waals surface area contributed by atoms with E-state index in [-0.39, 0.29) is 11.7 Å². The van der Waals surface area contributed by atoms with Gasteiger partial charge in [-0.25, -0.2) is 13.8 Å². The molecule has 0 amide bonds. The van der Waals surface area contributed by atoms with Gasteiger partial charge >= 0.3 is 0 Å². The van der Waals surface area contributed by atoms with Crippen molar-refractivity contribution in [2.75, 3.05) is 30.4 Å². The zero-order chi connectivity index (χ0) is 19.5. The molecule has 0 radical (unpaired) electrons. The number of benzene rings is 1. The molecule has 1 aliphatic heterocycles. The zero-order valence-corrected chi connectivity index (χ0v) is 15.2. The van der Waals surface area contributed by atoms with Crippen LogP contribution < -0.4 is 15.0 Å². The molecule has 1 aromatic carbocycles. The molecular formula is C19H19F2N5O2. The van der Waals surface area contributed by atoms with E-state index in [0.29, 0.717) is 37.6 Å². The molecule has 3 aromatic rings. The van der Waals surface area contributed by atoms with Crippen molar-refractivity contribution in [3.8, 4) is 17.0 Å².